The fourth-order valence-electron chi connectivity index (χ4n) is 2.54. The number of hydrogen-bond donors (Lipinski definition) is 2. The van der Waals surface area contributed by atoms with E-state index in [4.69, 9.17) is 5.11 Å². The third-order valence-corrected chi connectivity index (χ3v) is 3.88. The van der Waals surface area contributed by atoms with Gasteiger partial charge >= 0.3 is 0 Å². The topological polar surface area (TPSA) is 92.9 Å². The Morgan fingerprint density at radius 1 is 1.38 bits per heavy atom. The van der Waals surface area contributed by atoms with Crippen LogP contribution < -0.4 is 5.32 Å². The van der Waals surface area contributed by atoms with Crippen molar-refractivity contribution in [3.63, 3.8) is 0 Å². The third-order valence-electron chi connectivity index (χ3n) is 3.88. The van der Waals surface area contributed by atoms with Crippen LogP contribution in [0.5, 0.6) is 0 Å². The molecule has 7 heteroatoms. The number of aliphatic hydroxyl groups is 1. The molecule has 0 aliphatic heterocycles. The maximum absolute atomic E-state index is 12.3. The van der Waals surface area contributed by atoms with Crippen molar-refractivity contribution in [2.75, 3.05) is 6.61 Å². The van der Waals surface area contributed by atoms with Crippen molar-refractivity contribution in [1.82, 2.24) is 25.3 Å². The molecule has 2 heterocycles. The first-order chi connectivity index (χ1) is 11.6. The summed E-state index contributed by atoms with van der Waals surface area (Å²) in [7, 11) is 0. The van der Waals surface area contributed by atoms with Gasteiger partial charge in [0.1, 0.15) is 0 Å². The molecule has 2 N–H and O–H groups in total. The van der Waals surface area contributed by atoms with Crippen molar-refractivity contribution < 1.29 is 9.90 Å². The van der Waals surface area contributed by atoms with Crippen molar-refractivity contribution in [2.45, 2.75) is 26.3 Å². The SMILES string of the molecule is Cc1c(C(=O)NC(C)CCO)nnn1-c1ccc2ncccc2c1. The number of carbonyl (C=O) groups excluding carboxylic acids is 1. The number of carbonyl (C=O) groups is 1. The Labute approximate surface area is 139 Å². The minimum absolute atomic E-state index is 0.0260. The molecular weight excluding hydrogens is 306 g/mol. The number of hydrogen-bond acceptors (Lipinski definition) is 5. The lowest BCUT2D eigenvalue weighted by Crippen LogP contribution is -2.33. The Balaban J connectivity index is 1.89. The van der Waals surface area contributed by atoms with Crippen LogP contribution in [0.2, 0.25) is 0 Å². The maximum atomic E-state index is 12.3. The van der Waals surface area contributed by atoms with Gasteiger partial charge in [0.05, 0.1) is 16.9 Å². The zero-order valence-electron chi connectivity index (χ0n) is 13.6. The van der Waals surface area contributed by atoms with E-state index in [1.807, 2.05) is 37.3 Å². The minimum atomic E-state index is -0.290. The predicted octanol–water partition coefficient (Wildman–Crippen LogP) is 1.62. The second-order valence-corrected chi connectivity index (χ2v) is 5.70. The van der Waals surface area contributed by atoms with Crippen LogP contribution in [0.1, 0.15) is 29.5 Å². The highest BCUT2D eigenvalue weighted by atomic mass is 16.3. The largest absolute Gasteiger partial charge is 0.396 e. The molecule has 24 heavy (non-hydrogen) atoms. The Morgan fingerprint density at radius 3 is 3.00 bits per heavy atom. The Bertz CT molecular complexity index is 874. The van der Waals surface area contributed by atoms with Crippen molar-refractivity contribution >= 4 is 16.8 Å². The first-order valence-electron chi connectivity index (χ1n) is 7.79. The normalized spacial score (nSPS) is 12.3. The van der Waals surface area contributed by atoms with Crippen LogP contribution in [0.15, 0.2) is 36.5 Å². The molecule has 0 radical (unpaired) electrons. The molecule has 0 aliphatic carbocycles. The van der Waals surface area contributed by atoms with Crippen LogP contribution >= 0.6 is 0 Å². The lowest BCUT2D eigenvalue weighted by atomic mass is 10.2. The maximum Gasteiger partial charge on any atom is 0.273 e. The Kier molecular flexibility index (Phi) is 4.52. The molecule has 0 aliphatic rings. The number of aromatic nitrogens is 4. The van der Waals surface area contributed by atoms with Gasteiger partial charge in [-0.3, -0.25) is 9.78 Å². The van der Waals surface area contributed by atoms with Crippen molar-refractivity contribution in [3.05, 3.63) is 47.9 Å². The summed E-state index contributed by atoms with van der Waals surface area (Å²) in [5.74, 6) is -0.290. The first-order valence-corrected chi connectivity index (χ1v) is 7.79. The summed E-state index contributed by atoms with van der Waals surface area (Å²) in [6.45, 7) is 3.67. The fraction of sp³-hybridized carbons (Fsp3) is 0.294. The molecule has 2 aromatic heterocycles. The van der Waals surface area contributed by atoms with Crippen LogP contribution in [-0.4, -0.2) is 43.6 Å². The zero-order chi connectivity index (χ0) is 17.1. The summed E-state index contributed by atoms with van der Waals surface area (Å²) in [4.78, 5) is 16.6. The zero-order valence-corrected chi connectivity index (χ0v) is 13.6. The predicted molar refractivity (Wildman–Crippen MR) is 90.0 cm³/mol. The smallest absolute Gasteiger partial charge is 0.273 e. The van der Waals surface area contributed by atoms with Crippen molar-refractivity contribution in [1.29, 1.82) is 0 Å². The molecular formula is C17H19N5O2. The van der Waals surface area contributed by atoms with E-state index in [9.17, 15) is 4.79 Å². The Hall–Kier alpha value is -2.80. The molecule has 3 rings (SSSR count). The van der Waals surface area contributed by atoms with Gasteiger partial charge in [-0.25, -0.2) is 4.68 Å². The molecule has 1 aromatic carbocycles. The van der Waals surface area contributed by atoms with Gasteiger partial charge in [0.25, 0.3) is 5.91 Å². The van der Waals surface area contributed by atoms with E-state index in [0.717, 1.165) is 16.6 Å². The highest BCUT2D eigenvalue weighted by Crippen LogP contribution is 2.18. The molecule has 0 spiro atoms. The van der Waals surface area contributed by atoms with Gasteiger partial charge in [-0.1, -0.05) is 11.3 Å². The van der Waals surface area contributed by atoms with Gasteiger partial charge in [-0.05, 0) is 44.5 Å². The van der Waals surface area contributed by atoms with E-state index in [1.54, 1.807) is 17.8 Å². The van der Waals surface area contributed by atoms with Gasteiger partial charge in [0, 0.05) is 24.2 Å². The van der Waals surface area contributed by atoms with E-state index in [-0.39, 0.29) is 24.2 Å². The number of nitrogens with one attached hydrogen (secondary N) is 1. The van der Waals surface area contributed by atoms with E-state index in [2.05, 4.69) is 20.6 Å². The lowest BCUT2D eigenvalue weighted by Gasteiger charge is -2.11. The van der Waals surface area contributed by atoms with E-state index in [0.29, 0.717) is 12.1 Å². The molecule has 0 saturated heterocycles. The quantitative estimate of drug-likeness (QED) is 0.743. The second-order valence-electron chi connectivity index (χ2n) is 5.70. The molecule has 1 atom stereocenters. The summed E-state index contributed by atoms with van der Waals surface area (Å²) >= 11 is 0. The Morgan fingerprint density at radius 2 is 2.21 bits per heavy atom. The van der Waals surface area contributed by atoms with Gasteiger partial charge in [0.2, 0.25) is 0 Å². The van der Waals surface area contributed by atoms with Crippen LogP contribution in [0.3, 0.4) is 0 Å². The summed E-state index contributed by atoms with van der Waals surface area (Å²) in [5.41, 5.74) is 2.66. The van der Waals surface area contributed by atoms with Crippen molar-refractivity contribution in [2.24, 2.45) is 0 Å². The highest BCUT2D eigenvalue weighted by molar-refractivity contribution is 5.93. The summed E-state index contributed by atoms with van der Waals surface area (Å²) in [6.07, 6.45) is 2.25. The van der Waals surface area contributed by atoms with Gasteiger partial charge < -0.3 is 10.4 Å². The number of pyridine rings is 1. The standard InChI is InChI=1S/C17H19N5O2/c1-11(7-9-23)19-17(24)16-12(2)22(21-20-16)14-5-6-15-13(10-14)4-3-8-18-15/h3-6,8,10-11,23H,7,9H2,1-2H3,(H,19,24). The number of fused-ring (bicyclic) bond motifs is 1. The van der Waals surface area contributed by atoms with E-state index < -0.39 is 0 Å². The number of nitrogens with zero attached hydrogens (tertiary/aromatic N) is 4. The summed E-state index contributed by atoms with van der Waals surface area (Å²) in [6, 6.07) is 9.49. The monoisotopic (exact) mass is 325 g/mol. The van der Waals surface area contributed by atoms with Gasteiger partial charge in [-0.15, -0.1) is 5.10 Å². The molecule has 1 amide bonds. The van der Waals surface area contributed by atoms with E-state index >= 15 is 0 Å². The van der Waals surface area contributed by atoms with Gasteiger partial charge in [0.15, 0.2) is 5.69 Å². The third kappa shape index (κ3) is 3.11. The van der Waals surface area contributed by atoms with Crippen LogP contribution in [0, 0.1) is 6.92 Å². The number of amides is 1. The minimum Gasteiger partial charge on any atom is -0.396 e. The molecule has 1 unspecified atom stereocenters. The molecule has 0 saturated carbocycles. The fourth-order valence-corrected chi connectivity index (χ4v) is 2.54. The summed E-state index contributed by atoms with van der Waals surface area (Å²) < 4.78 is 1.64. The van der Waals surface area contributed by atoms with E-state index in [1.165, 1.54) is 0 Å². The van der Waals surface area contributed by atoms with Crippen LogP contribution in [0.4, 0.5) is 0 Å². The van der Waals surface area contributed by atoms with Crippen molar-refractivity contribution in [3.8, 4) is 5.69 Å². The van der Waals surface area contributed by atoms with Crippen LogP contribution in [-0.2, 0) is 0 Å². The van der Waals surface area contributed by atoms with Crippen LogP contribution in [0.25, 0.3) is 16.6 Å². The molecule has 0 fully saturated rings. The molecule has 7 nitrogen and oxygen atoms in total. The molecule has 3 aromatic rings. The van der Waals surface area contributed by atoms with Gasteiger partial charge in [-0.2, -0.15) is 0 Å². The average molecular weight is 325 g/mol. The molecule has 0 bridgehead atoms. The number of benzene rings is 1. The lowest BCUT2D eigenvalue weighted by molar-refractivity contribution is 0.0928. The highest BCUT2D eigenvalue weighted by Gasteiger charge is 2.18. The first kappa shape index (κ1) is 16.1. The average Bonchev–Trinajstić information content (AvgIpc) is 2.96. The number of rotatable bonds is 5. The number of aliphatic hydroxyl groups excluding tert-OH is 1. The second kappa shape index (κ2) is 6.76. The summed E-state index contributed by atoms with van der Waals surface area (Å²) in [5, 5.41) is 20.8. The molecule has 124 valence electrons.